The van der Waals surface area contributed by atoms with Crippen LogP contribution in [0.3, 0.4) is 0 Å². The number of amides is 1. The van der Waals surface area contributed by atoms with Crippen LogP contribution in [0, 0.1) is 0 Å². The van der Waals surface area contributed by atoms with Crippen molar-refractivity contribution in [1.82, 2.24) is 5.32 Å². The maximum absolute atomic E-state index is 12.2. The zero-order valence-electron chi connectivity index (χ0n) is 17.6. The number of carbonyl (C=O) groups excluding carboxylic acids is 1. The fourth-order valence-corrected chi connectivity index (χ4v) is 3.24. The lowest BCUT2D eigenvalue weighted by molar-refractivity contribution is -0.121. The number of aryl methyl sites for hydroxylation is 1. The van der Waals surface area contributed by atoms with Crippen LogP contribution >= 0.6 is 0 Å². The van der Waals surface area contributed by atoms with Gasteiger partial charge in [0.1, 0.15) is 12.4 Å². The van der Waals surface area contributed by atoms with Gasteiger partial charge in [-0.15, -0.1) is 0 Å². The number of hydrogen-bond donors (Lipinski definition) is 1. The van der Waals surface area contributed by atoms with Crippen molar-refractivity contribution in [2.75, 3.05) is 34.5 Å². The molecule has 0 fully saturated rings. The van der Waals surface area contributed by atoms with E-state index in [0.29, 0.717) is 43.2 Å². The summed E-state index contributed by atoms with van der Waals surface area (Å²) in [5.74, 6) is 2.46. The van der Waals surface area contributed by atoms with Crippen LogP contribution < -0.4 is 24.3 Å². The molecule has 0 aliphatic rings. The number of methoxy groups -OCH3 is 3. The first-order valence-corrected chi connectivity index (χ1v) is 9.81. The maximum Gasteiger partial charge on any atom is 0.220 e. The Hall–Kier alpha value is -3.41. The Morgan fingerprint density at radius 1 is 0.867 bits per heavy atom. The summed E-state index contributed by atoms with van der Waals surface area (Å²) in [4.78, 5) is 12.2. The molecule has 6 nitrogen and oxygen atoms in total. The molecule has 158 valence electrons. The van der Waals surface area contributed by atoms with E-state index >= 15 is 0 Å². The Labute approximate surface area is 176 Å². The highest BCUT2D eigenvalue weighted by Gasteiger charge is 2.13. The van der Waals surface area contributed by atoms with Crippen LogP contribution in [0.15, 0.2) is 54.6 Å². The van der Waals surface area contributed by atoms with Crippen LogP contribution in [-0.2, 0) is 11.2 Å². The molecule has 30 heavy (non-hydrogen) atoms. The zero-order chi connectivity index (χ0) is 21.3. The van der Waals surface area contributed by atoms with E-state index in [2.05, 4.69) is 11.4 Å². The summed E-state index contributed by atoms with van der Waals surface area (Å²) >= 11 is 0. The molecule has 0 unspecified atom stereocenters. The number of hydrogen-bond acceptors (Lipinski definition) is 5. The molecule has 0 heterocycles. The summed E-state index contributed by atoms with van der Waals surface area (Å²) in [6, 6.07) is 17.8. The minimum absolute atomic E-state index is 0.0362. The number of carbonyl (C=O) groups is 1. The molecule has 0 saturated heterocycles. The normalized spacial score (nSPS) is 10.5. The van der Waals surface area contributed by atoms with Crippen LogP contribution in [0.1, 0.15) is 12.0 Å². The molecule has 6 heteroatoms. The SMILES string of the molecule is COc1cc(CCC(=O)NCCOc2ccc3ccccc3c2)cc(OC)c1OC. The van der Waals surface area contributed by atoms with Crippen LogP contribution in [0.5, 0.6) is 23.0 Å². The zero-order valence-corrected chi connectivity index (χ0v) is 17.6. The van der Waals surface area contributed by atoms with Crippen molar-refractivity contribution in [3.05, 3.63) is 60.2 Å². The van der Waals surface area contributed by atoms with Gasteiger partial charge in [0.15, 0.2) is 11.5 Å². The van der Waals surface area contributed by atoms with Gasteiger partial charge >= 0.3 is 0 Å². The quantitative estimate of drug-likeness (QED) is 0.513. The van der Waals surface area contributed by atoms with Crippen molar-refractivity contribution in [3.63, 3.8) is 0 Å². The first-order valence-electron chi connectivity index (χ1n) is 9.81. The highest BCUT2D eigenvalue weighted by molar-refractivity contribution is 5.83. The third-order valence-corrected chi connectivity index (χ3v) is 4.78. The average Bonchev–Trinajstić information content (AvgIpc) is 2.79. The highest BCUT2D eigenvalue weighted by Crippen LogP contribution is 2.38. The fourth-order valence-electron chi connectivity index (χ4n) is 3.24. The topological polar surface area (TPSA) is 66.0 Å². The van der Waals surface area contributed by atoms with Crippen LogP contribution in [0.4, 0.5) is 0 Å². The first kappa shape index (κ1) is 21.3. The number of rotatable bonds is 10. The fraction of sp³-hybridized carbons (Fsp3) is 0.292. The Balaban J connectivity index is 1.45. The summed E-state index contributed by atoms with van der Waals surface area (Å²) in [6.45, 7) is 0.856. The van der Waals surface area contributed by atoms with Gasteiger partial charge < -0.3 is 24.3 Å². The van der Waals surface area contributed by atoms with Gasteiger partial charge in [0, 0.05) is 6.42 Å². The van der Waals surface area contributed by atoms with E-state index in [-0.39, 0.29) is 5.91 Å². The van der Waals surface area contributed by atoms with Gasteiger partial charge in [-0.25, -0.2) is 0 Å². The molecule has 0 radical (unpaired) electrons. The smallest absolute Gasteiger partial charge is 0.220 e. The molecule has 0 spiro atoms. The molecule has 0 atom stereocenters. The minimum Gasteiger partial charge on any atom is -0.493 e. The van der Waals surface area contributed by atoms with Crippen molar-refractivity contribution < 1.29 is 23.7 Å². The Bertz CT molecular complexity index is 977. The summed E-state index contributed by atoms with van der Waals surface area (Å²) in [5, 5.41) is 5.19. The van der Waals surface area contributed by atoms with Crippen molar-refractivity contribution >= 4 is 16.7 Å². The predicted molar refractivity (Wildman–Crippen MR) is 117 cm³/mol. The van der Waals surface area contributed by atoms with Crippen LogP contribution in [-0.4, -0.2) is 40.4 Å². The molecule has 1 N–H and O–H groups in total. The standard InChI is InChI=1S/C24H27NO5/c1-27-21-14-17(15-22(28-2)24(21)29-3)8-11-23(26)25-12-13-30-20-10-9-18-6-4-5-7-19(18)16-20/h4-7,9-10,14-16H,8,11-13H2,1-3H3,(H,25,26). The van der Waals surface area contributed by atoms with E-state index < -0.39 is 0 Å². The Kier molecular flexibility index (Phi) is 7.38. The molecule has 0 aromatic heterocycles. The molecule has 0 saturated carbocycles. The first-order chi connectivity index (χ1) is 14.6. The van der Waals surface area contributed by atoms with Crippen molar-refractivity contribution in [2.45, 2.75) is 12.8 Å². The van der Waals surface area contributed by atoms with Crippen molar-refractivity contribution in [1.29, 1.82) is 0 Å². The Morgan fingerprint density at radius 2 is 1.57 bits per heavy atom. The second kappa shape index (κ2) is 10.4. The van der Waals surface area contributed by atoms with Gasteiger partial charge in [0.25, 0.3) is 0 Å². The van der Waals surface area contributed by atoms with E-state index in [1.807, 2.05) is 48.5 Å². The van der Waals surface area contributed by atoms with E-state index in [4.69, 9.17) is 18.9 Å². The van der Waals surface area contributed by atoms with Gasteiger partial charge in [0.05, 0.1) is 27.9 Å². The molecule has 0 aliphatic heterocycles. The molecule has 3 aromatic carbocycles. The summed E-state index contributed by atoms with van der Waals surface area (Å²) in [7, 11) is 4.71. The predicted octanol–water partition coefficient (Wildman–Crippen LogP) is 3.99. The Morgan fingerprint density at radius 3 is 2.23 bits per heavy atom. The van der Waals surface area contributed by atoms with E-state index in [9.17, 15) is 4.79 Å². The number of fused-ring (bicyclic) bond motifs is 1. The maximum atomic E-state index is 12.2. The van der Waals surface area contributed by atoms with Gasteiger partial charge in [-0.05, 0) is 47.0 Å². The van der Waals surface area contributed by atoms with E-state index in [1.165, 1.54) is 5.39 Å². The minimum atomic E-state index is -0.0362. The van der Waals surface area contributed by atoms with Crippen molar-refractivity contribution in [3.8, 4) is 23.0 Å². The lowest BCUT2D eigenvalue weighted by atomic mass is 10.1. The largest absolute Gasteiger partial charge is 0.493 e. The van der Waals surface area contributed by atoms with Crippen LogP contribution in [0.25, 0.3) is 10.8 Å². The monoisotopic (exact) mass is 409 g/mol. The molecule has 0 bridgehead atoms. The molecule has 3 rings (SSSR count). The lowest BCUT2D eigenvalue weighted by Gasteiger charge is -2.14. The molecule has 1 amide bonds. The highest BCUT2D eigenvalue weighted by atomic mass is 16.5. The third kappa shape index (κ3) is 5.35. The molecular formula is C24H27NO5. The van der Waals surface area contributed by atoms with Crippen LogP contribution in [0.2, 0.25) is 0 Å². The van der Waals surface area contributed by atoms with E-state index in [0.717, 1.165) is 16.7 Å². The van der Waals surface area contributed by atoms with Crippen molar-refractivity contribution in [2.24, 2.45) is 0 Å². The summed E-state index contributed by atoms with van der Waals surface area (Å²) in [5.41, 5.74) is 0.937. The molecular weight excluding hydrogens is 382 g/mol. The number of benzene rings is 3. The molecule has 0 aliphatic carbocycles. The third-order valence-electron chi connectivity index (χ3n) is 4.78. The van der Waals surface area contributed by atoms with Gasteiger partial charge in [0.2, 0.25) is 11.7 Å². The second-order valence-electron chi connectivity index (χ2n) is 6.74. The summed E-state index contributed by atoms with van der Waals surface area (Å²) < 4.78 is 21.8. The number of ether oxygens (including phenoxy) is 4. The van der Waals surface area contributed by atoms with Gasteiger partial charge in [-0.2, -0.15) is 0 Å². The van der Waals surface area contributed by atoms with Gasteiger partial charge in [-0.3, -0.25) is 4.79 Å². The average molecular weight is 409 g/mol. The molecule has 3 aromatic rings. The lowest BCUT2D eigenvalue weighted by Crippen LogP contribution is -2.28. The van der Waals surface area contributed by atoms with Gasteiger partial charge in [-0.1, -0.05) is 30.3 Å². The number of nitrogens with one attached hydrogen (secondary N) is 1. The summed E-state index contributed by atoms with van der Waals surface area (Å²) in [6.07, 6.45) is 0.919. The van der Waals surface area contributed by atoms with E-state index in [1.54, 1.807) is 21.3 Å². The second-order valence-corrected chi connectivity index (χ2v) is 6.74.